The van der Waals surface area contributed by atoms with Gasteiger partial charge in [-0.2, -0.15) is 5.26 Å². The van der Waals surface area contributed by atoms with Crippen LogP contribution in [0.3, 0.4) is 0 Å². The number of nitrogens with zero attached hydrogens (tertiary/aromatic N) is 4. The second-order valence-electron chi connectivity index (χ2n) is 6.60. The van der Waals surface area contributed by atoms with E-state index < -0.39 is 0 Å². The lowest BCUT2D eigenvalue weighted by molar-refractivity contribution is 0.0123. The van der Waals surface area contributed by atoms with Gasteiger partial charge in [-0.25, -0.2) is 0 Å². The van der Waals surface area contributed by atoms with E-state index in [2.05, 4.69) is 21.2 Å². The second kappa shape index (κ2) is 6.58. The molecule has 3 unspecified atom stereocenters. The normalized spacial score (nSPS) is 25.7. The van der Waals surface area contributed by atoms with Crippen LogP contribution >= 0.6 is 0 Å². The van der Waals surface area contributed by atoms with Crippen molar-refractivity contribution in [1.82, 2.24) is 15.1 Å². The van der Waals surface area contributed by atoms with Gasteiger partial charge in [-0.05, 0) is 44.0 Å². The molecule has 0 amide bonds. The lowest BCUT2D eigenvalue weighted by atomic mass is 9.87. The minimum atomic E-state index is 0.253. The molecule has 2 aromatic rings. The summed E-state index contributed by atoms with van der Waals surface area (Å²) in [5.74, 6) is 1.21. The topological polar surface area (TPSA) is 62.0 Å². The van der Waals surface area contributed by atoms with Crippen LogP contribution in [-0.2, 0) is 0 Å². The summed E-state index contributed by atoms with van der Waals surface area (Å²) >= 11 is 0. The largest absolute Gasteiger partial charge is 0.473 e. The van der Waals surface area contributed by atoms with Crippen LogP contribution in [0.25, 0.3) is 11.3 Å². The molecule has 3 heterocycles. The summed E-state index contributed by atoms with van der Waals surface area (Å²) in [4.78, 5) is 2.53. The Morgan fingerprint density at radius 3 is 2.92 bits per heavy atom. The quantitative estimate of drug-likeness (QED) is 0.870. The van der Waals surface area contributed by atoms with E-state index in [9.17, 15) is 0 Å². The van der Waals surface area contributed by atoms with Crippen molar-refractivity contribution in [2.75, 3.05) is 19.6 Å². The summed E-state index contributed by atoms with van der Waals surface area (Å²) in [6.45, 7) is 3.50. The Bertz CT molecular complexity index is 753. The summed E-state index contributed by atoms with van der Waals surface area (Å²) in [6, 6.07) is 13.3. The molecule has 2 aliphatic rings. The van der Waals surface area contributed by atoms with Gasteiger partial charge in [-0.15, -0.1) is 10.2 Å². The number of hydrogen-bond donors (Lipinski definition) is 0. The number of aromatic nitrogens is 2. The lowest BCUT2D eigenvalue weighted by Gasteiger charge is -2.42. The Balaban J connectivity index is 1.47. The van der Waals surface area contributed by atoms with Crippen LogP contribution < -0.4 is 4.74 Å². The first-order valence-corrected chi connectivity index (χ1v) is 8.55. The average molecular weight is 320 g/mol. The van der Waals surface area contributed by atoms with Gasteiger partial charge in [0.2, 0.25) is 5.88 Å². The van der Waals surface area contributed by atoms with Crippen LogP contribution in [0.4, 0.5) is 0 Å². The minimum absolute atomic E-state index is 0.253. The number of piperidine rings is 2. The third kappa shape index (κ3) is 3.10. The molecule has 3 atom stereocenters. The van der Waals surface area contributed by atoms with Gasteiger partial charge in [-0.3, -0.25) is 0 Å². The van der Waals surface area contributed by atoms with Gasteiger partial charge in [0.1, 0.15) is 6.10 Å². The second-order valence-corrected chi connectivity index (χ2v) is 6.60. The van der Waals surface area contributed by atoms with Gasteiger partial charge in [-0.1, -0.05) is 12.1 Å². The summed E-state index contributed by atoms with van der Waals surface area (Å²) in [5, 5.41) is 17.5. The van der Waals surface area contributed by atoms with Gasteiger partial charge in [0.05, 0.1) is 17.3 Å². The molecule has 0 saturated carbocycles. The Kier molecular flexibility index (Phi) is 4.14. The third-order valence-electron chi connectivity index (χ3n) is 5.00. The lowest BCUT2D eigenvalue weighted by Crippen LogP contribution is -2.49. The van der Waals surface area contributed by atoms with Crippen molar-refractivity contribution in [3.8, 4) is 23.2 Å². The van der Waals surface area contributed by atoms with Gasteiger partial charge in [0.15, 0.2) is 0 Å². The molecule has 0 radical (unpaired) electrons. The van der Waals surface area contributed by atoms with E-state index in [1.807, 2.05) is 30.3 Å². The Morgan fingerprint density at radius 2 is 2.08 bits per heavy atom. The van der Waals surface area contributed by atoms with E-state index >= 15 is 0 Å². The first-order chi connectivity index (χ1) is 11.8. The molecule has 1 aromatic heterocycles. The fourth-order valence-corrected chi connectivity index (χ4v) is 3.74. The molecule has 2 saturated heterocycles. The summed E-state index contributed by atoms with van der Waals surface area (Å²) in [6.07, 6.45) is 3.83. The number of hydrogen-bond acceptors (Lipinski definition) is 5. The Morgan fingerprint density at radius 1 is 1.12 bits per heavy atom. The van der Waals surface area contributed by atoms with Crippen LogP contribution in [-0.4, -0.2) is 40.8 Å². The predicted octanol–water partition coefficient (Wildman–Crippen LogP) is 2.88. The standard InChI is InChI=1S/C19H20N4O/c20-12-14-3-1-4-15(11-14)17-6-7-19(22-21-17)24-18-8-10-23-9-2-5-16(18)13-23/h1,3-4,6-7,11,16,18H,2,5,8-10,13H2. The molecular formula is C19H20N4O. The highest BCUT2D eigenvalue weighted by Crippen LogP contribution is 2.29. The Labute approximate surface area is 141 Å². The molecular weight excluding hydrogens is 300 g/mol. The fraction of sp³-hybridized carbons (Fsp3) is 0.421. The van der Waals surface area contributed by atoms with E-state index in [1.54, 1.807) is 6.07 Å². The van der Waals surface area contributed by atoms with E-state index in [4.69, 9.17) is 10.00 Å². The molecule has 1 aromatic carbocycles. The molecule has 4 rings (SSSR count). The fourth-order valence-electron chi connectivity index (χ4n) is 3.74. The van der Waals surface area contributed by atoms with Crippen molar-refractivity contribution < 1.29 is 4.74 Å². The van der Waals surface area contributed by atoms with Crippen LogP contribution in [0.1, 0.15) is 24.8 Å². The Hall–Kier alpha value is -2.45. The van der Waals surface area contributed by atoms with Gasteiger partial charge in [0.25, 0.3) is 0 Å². The number of fused-ring (bicyclic) bond motifs is 2. The molecule has 2 fully saturated rings. The van der Waals surface area contributed by atoms with Gasteiger partial charge < -0.3 is 9.64 Å². The first kappa shape index (κ1) is 15.1. The zero-order valence-electron chi connectivity index (χ0n) is 13.6. The van der Waals surface area contributed by atoms with E-state index in [0.717, 1.165) is 30.8 Å². The average Bonchev–Trinajstić information content (AvgIpc) is 2.65. The molecule has 5 heteroatoms. The monoisotopic (exact) mass is 320 g/mol. The number of nitriles is 1. The van der Waals surface area contributed by atoms with Crippen molar-refractivity contribution in [3.05, 3.63) is 42.0 Å². The number of ether oxygens (including phenoxy) is 1. The van der Waals surface area contributed by atoms with Crippen LogP contribution in [0, 0.1) is 17.2 Å². The molecule has 2 bridgehead atoms. The minimum Gasteiger partial charge on any atom is -0.473 e. The maximum absolute atomic E-state index is 9.00. The SMILES string of the molecule is N#Cc1cccc(-c2ccc(OC3CCN4CCCC3C4)nn2)c1. The highest BCUT2D eigenvalue weighted by molar-refractivity contribution is 5.60. The highest BCUT2D eigenvalue weighted by atomic mass is 16.5. The summed E-state index contributed by atoms with van der Waals surface area (Å²) in [5.41, 5.74) is 2.28. The van der Waals surface area contributed by atoms with Crippen molar-refractivity contribution in [2.24, 2.45) is 5.92 Å². The van der Waals surface area contributed by atoms with Crippen LogP contribution in [0.2, 0.25) is 0 Å². The molecule has 122 valence electrons. The molecule has 2 aliphatic heterocycles. The van der Waals surface area contributed by atoms with Gasteiger partial charge in [0, 0.05) is 30.6 Å². The van der Waals surface area contributed by atoms with Crippen molar-refractivity contribution in [1.29, 1.82) is 5.26 Å². The van der Waals surface area contributed by atoms with Crippen LogP contribution in [0.5, 0.6) is 5.88 Å². The molecule has 0 aliphatic carbocycles. The van der Waals surface area contributed by atoms with E-state index in [1.165, 1.54) is 19.4 Å². The number of benzene rings is 1. The van der Waals surface area contributed by atoms with E-state index in [-0.39, 0.29) is 6.10 Å². The summed E-state index contributed by atoms with van der Waals surface area (Å²) in [7, 11) is 0. The van der Waals surface area contributed by atoms with E-state index in [0.29, 0.717) is 17.4 Å². The molecule has 0 N–H and O–H groups in total. The third-order valence-corrected chi connectivity index (χ3v) is 5.00. The maximum Gasteiger partial charge on any atom is 0.233 e. The summed E-state index contributed by atoms with van der Waals surface area (Å²) < 4.78 is 6.12. The zero-order valence-corrected chi connectivity index (χ0v) is 13.6. The molecule has 5 nitrogen and oxygen atoms in total. The number of rotatable bonds is 3. The van der Waals surface area contributed by atoms with Gasteiger partial charge >= 0.3 is 0 Å². The van der Waals surface area contributed by atoms with Crippen molar-refractivity contribution >= 4 is 0 Å². The van der Waals surface area contributed by atoms with Crippen LogP contribution in [0.15, 0.2) is 36.4 Å². The molecule has 0 spiro atoms. The highest BCUT2D eigenvalue weighted by Gasteiger charge is 2.33. The zero-order chi connectivity index (χ0) is 16.4. The van der Waals surface area contributed by atoms with Crippen molar-refractivity contribution in [3.63, 3.8) is 0 Å². The first-order valence-electron chi connectivity index (χ1n) is 8.55. The van der Waals surface area contributed by atoms with Crippen molar-refractivity contribution in [2.45, 2.75) is 25.4 Å². The maximum atomic E-state index is 9.00. The smallest absolute Gasteiger partial charge is 0.233 e. The predicted molar refractivity (Wildman–Crippen MR) is 90.4 cm³/mol. The molecule has 24 heavy (non-hydrogen) atoms.